The molecule has 374 valence electrons. The van der Waals surface area contributed by atoms with Gasteiger partial charge < -0.3 is 22.8 Å². The molecule has 0 amide bonds. The topological polar surface area (TPSA) is 80.1 Å². The molecule has 2 aliphatic rings. The standard InChI is InChI=1S/C37H36F18N2O6S3/c38-30(39,40)28(56-62-65-36(52,53)32(44,34(46,47)48)60-26-8-3-1-4-9-26)22-12-16-24(17-13-22)58-20-7-21-59-25-18-14-23(15-19-25)29(31(41,42)43)57-63-66-37(54,55)33(45,35(49,50)51)61-64-27-10-5-2-6-11-27/h12-19,26-27H,1-11,20-21H2. The number of hydrogen-bond donors (Lipinski definition) is 0. The number of benzene rings is 2. The summed E-state index contributed by atoms with van der Waals surface area (Å²) in [6, 6.07) is 6.69. The monoisotopic (exact) mass is 1040 g/mol. The molecule has 29 heteroatoms. The van der Waals surface area contributed by atoms with Gasteiger partial charge in [0.05, 0.1) is 19.3 Å². The molecule has 0 radical (unpaired) electrons. The third-order valence-corrected chi connectivity index (χ3v) is 11.7. The third kappa shape index (κ3) is 14.6. The molecule has 8 nitrogen and oxygen atoms in total. The Bertz CT molecular complexity index is 1890. The summed E-state index contributed by atoms with van der Waals surface area (Å²) < 4.78 is 278. The normalized spacial score (nSPS) is 18.9. The van der Waals surface area contributed by atoms with E-state index in [2.05, 4.69) is 27.8 Å². The lowest BCUT2D eigenvalue weighted by Crippen LogP contribution is -2.57. The van der Waals surface area contributed by atoms with Gasteiger partial charge in [-0.15, -0.1) is 0 Å². The summed E-state index contributed by atoms with van der Waals surface area (Å²) in [4.78, 5) is 0. The fraction of sp³-hybridized carbons (Fsp3) is 0.622. The quantitative estimate of drug-likeness (QED) is 0.0399. The van der Waals surface area contributed by atoms with Gasteiger partial charge in [-0.25, -0.2) is 0 Å². The summed E-state index contributed by atoms with van der Waals surface area (Å²) in [6.07, 6.45) is -22.0. The molecule has 0 spiro atoms. The van der Waals surface area contributed by atoms with Crippen molar-refractivity contribution in [2.75, 3.05) is 13.2 Å². The molecule has 4 rings (SSSR count). The fourth-order valence-electron chi connectivity index (χ4n) is 5.98. The van der Waals surface area contributed by atoms with Gasteiger partial charge in [0.25, 0.3) is 0 Å². The Morgan fingerprint density at radius 1 is 0.500 bits per heavy atom. The van der Waals surface area contributed by atoms with Crippen LogP contribution in [0, 0.1) is 0 Å². The lowest BCUT2D eigenvalue weighted by Gasteiger charge is -2.36. The van der Waals surface area contributed by atoms with Crippen molar-refractivity contribution in [3.63, 3.8) is 0 Å². The summed E-state index contributed by atoms with van der Waals surface area (Å²) in [5.74, 6) is -11.5. The highest BCUT2D eigenvalue weighted by Gasteiger charge is 2.76. The zero-order valence-electron chi connectivity index (χ0n) is 33.3. The molecule has 2 aromatic rings. The van der Waals surface area contributed by atoms with Gasteiger partial charge in [0.2, 0.25) is 0 Å². The molecule has 2 fully saturated rings. The number of nitrogens with zero attached hydrogens (tertiary/aromatic N) is 2. The van der Waals surface area contributed by atoms with Crippen LogP contribution >= 0.6 is 36.1 Å². The molecule has 66 heavy (non-hydrogen) atoms. The number of rotatable bonds is 21. The Balaban J connectivity index is 1.30. The van der Waals surface area contributed by atoms with Crippen LogP contribution in [-0.4, -0.2) is 82.9 Å². The number of alkyl halides is 18. The maximum atomic E-state index is 14.9. The van der Waals surface area contributed by atoms with Crippen molar-refractivity contribution >= 4 is 47.6 Å². The van der Waals surface area contributed by atoms with Gasteiger partial charge in [0.15, 0.2) is 35.5 Å². The zero-order valence-corrected chi connectivity index (χ0v) is 35.8. The summed E-state index contributed by atoms with van der Waals surface area (Å²) in [5.41, 5.74) is -5.69. The maximum Gasteiger partial charge on any atom is 0.457 e. The van der Waals surface area contributed by atoms with E-state index in [0.717, 1.165) is 55.0 Å². The first-order valence-electron chi connectivity index (χ1n) is 19.3. The Labute approximate surface area is 376 Å². The summed E-state index contributed by atoms with van der Waals surface area (Å²) >= 11 is -3.43. The predicted molar refractivity (Wildman–Crippen MR) is 204 cm³/mol. The lowest BCUT2D eigenvalue weighted by atomic mass is 9.97. The molecule has 2 unspecified atom stereocenters. The first-order valence-corrected chi connectivity index (χ1v) is 21.6. The van der Waals surface area contributed by atoms with Crippen molar-refractivity contribution in [2.24, 2.45) is 10.3 Å². The second-order valence-corrected chi connectivity index (χ2v) is 17.0. The van der Waals surface area contributed by atoms with Gasteiger partial charge in [-0.1, -0.05) is 48.8 Å². The highest BCUT2D eigenvalue weighted by molar-refractivity contribution is 7.96. The lowest BCUT2D eigenvalue weighted by molar-refractivity contribution is -0.391. The second kappa shape index (κ2) is 22.4. The van der Waals surface area contributed by atoms with Gasteiger partial charge in [0.1, 0.15) is 11.5 Å². The fourth-order valence-corrected chi connectivity index (χ4v) is 7.97. The minimum Gasteiger partial charge on any atom is -0.493 e. The summed E-state index contributed by atoms with van der Waals surface area (Å²) in [5, 5.41) is -7.01. The van der Waals surface area contributed by atoms with E-state index in [4.69, 9.17) is 9.47 Å². The average molecular weight is 1040 g/mol. The zero-order chi connectivity index (χ0) is 49.2. The van der Waals surface area contributed by atoms with Crippen LogP contribution in [0.15, 0.2) is 58.8 Å². The van der Waals surface area contributed by atoms with Crippen molar-refractivity contribution in [1.82, 2.24) is 0 Å². The third-order valence-electron chi connectivity index (χ3n) is 9.37. The highest BCUT2D eigenvalue weighted by atomic mass is 32.2. The Kier molecular flexibility index (Phi) is 18.8. The molecule has 0 N–H and O–H groups in total. The Hall–Kier alpha value is -3.31. The SMILES string of the molecule is FC(F)(F)C(=NOSC(F)(F)C(F)(OSC1CCCCC1)C(F)(F)F)c1ccc(OCCCOc2ccc(C(=NOSC(F)(F)C(F)(OC3CCCCC3)C(F)(F)F)C(F)(F)F)cc2)cc1. The van der Waals surface area contributed by atoms with Crippen LogP contribution in [0.5, 0.6) is 11.5 Å². The number of hydrogen-bond acceptors (Lipinski definition) is 11. The Morgan fingerprint density at radius 3 is 1.26 bits per heavy atom. The van der Waals surface area contributed by atoms with Crippen LogP contribution in [0.1, 0.15) is 81.8 Å². The van der Waals surface area contributed by atoms with Crippen LogP contribution in [0.25, 0.3) is 0 Å². The van der Waals surface area contributed by atoms with E-state index < -0.39 is 105 Å². The van der Waals surface area contributed by atoms with E-state index in [-0.39, 0.29) is 81.7 Å². The van der Waals surface area contributed by atoms with E-state index in [1.165, 1.54) is 0 Å². The Morgan fingerprint density at radius 2 is 0.879 bits per heavy atom. The van der Waals surface area contributed by atoms with E-state index in [1.54, 1.807) is 0 Å². The average Bonchev–Trinajstić information content (AvgIpc) is 3.22. The number of ether oxygens (including phenoxy) is 3. The predicted octanol–water partition coefficient (Wildman–Crippen LogP) is 14.4. The van der Waals surface area contributed by atoms with E-state index in [9.17, 15) is 79.0 Å². The van der Waals surface area contributed by atoms with Crippen LogP contribution in [0.4, 0.5) is 79.0 Å². The van der Waals surface area contributed by atoms with Crippen LogP contribution in [0.3, 0.4) is 0 Å². The molecule has 2 saturated carbocycles. The minimum absolute atomic E-state index is 0.0158. The van der Waals surface area contributed by atoms with Crippen molar-refractivity contribution in [1.29, 1.82) is 0 Å². The van der Waals surface area contributed by atoms with Crippen LogP contribution in [0.2, 0.25) is 0 Å². The van der Waals surface area contributed by atoms with Gasteiger partial charge in [-0.3, -0.25) is 4.18 Å². The number of oxime groups is 2. The second-order valence-electron chi connectivity index (χ2n) is 14.3. The van der Waals surface area contributed by atoms with Gasteiger partial charge in [0, 0.05) is 22.8 Å². The van der Waals surface area contributed by atoms with Crippen molar-refractivity contribution in [3.8, 4) is 11.5 Å². The molecule has 0 saturated heterocycles. The van der Waals surface area contributed by atoms with E-state index in [1.807, 2.05) is 0 Å². The van der Waals surface area contributed by atoms with Crippen molar-refractivity contribution in [2.45, 2.75) is 129 Å². The van der Waals surface area contributed by atoms with Gasteiger partial charge in [-0.05, 0) is 86.3 Å². The number of halogens is 18. The van der Waals surface area contributed by atoms with Crippen LogP contribution < -0.4 is 9.47 Å². The summed E-state index contributed by atoms with van der Waals surface area (Å²) in [6.45, 7) is -0.411. The van der Waals surface area contributed by atoms with E-state index in [0.29, 0.717) is 19.3 Å². The largest absolute Gasteiger partial charge is 0.493 e. The molecular weight excluding hydrogens is 1010 g/mol. The highest BCUT2D eigenvalue weighted by Crippen LogP contribution is 2.55. The first-order chi connectivity index (χ1) is 30.5. The first kappa shape index (κ1) is 55.3. The molecule has 2 atom stereocenters. The van der Waals surface area contributed by atoms with Crippen molar-refractivity contribution in [3.05, 3.63) is 59.7 Å². The minimum atomic E-state index is -6.35. The molecule has 0 aliphatic heterocycles. The van der Waals surface area contributed by atoms with Crippen LogP contribution in [-0.2, 0) is 17.5 Å². The molecule has 2 aliphatic carbocycles. The summed E-state index contributed by atoms with van der Waals surface area (Å²) in [7, 11) is 0. The molecule has 0 heterocycles. The van der Waals surface area contributed by atoms with Crippen molar-refractivity contribution < 1.29 is 106 Å². The molecule has 0 bridgehead atoms. The molecular formula is C37H36F18N2O6S3. The smallest absolute Gasteiger partial charge is 0.457 e. The van der Waals surface area contributed by atoms with Gasteiger partial charge >= 0.3 is 46.9 Å². The van der Waals surface area contributed by atoms with E-state index >= 15 is 0 Å². The van der Waals surface area contributed by atoms with Gasteiger partial charge in [-0.2, -0.15) is 79.0 Å². The molecule has 0 aromatic heterocycles. The maximum absolute atomic E-state index is 14.9. The molecule has 2 aromatic carbocycles.